The van der Waals surface area contributed by atoms with E-state index < -0.39 is 0 Å². The molecule has 0 radical (unpaired) electrons. The van der Waals surface area contributed by atoms with E-state index in [1.165, 1.54) is 0 Å². The molecule has 1 aliphatic heterocycles. The second-order valence-electron chi connectivity index (χ2n) is 4.14. The Morgan fingerprint density at radius 1 is 1.44 bits per heavy atom. The number of hydrogen-bond acceptors (Lipinski definition) is 2. The van der Waals surface area contributed by atoms with Gasteiger partial charge in [0.1, 0.15) is 0 Å². The summed E-state index contributed by atoms with van der Waals surface area (Å²) in [6, 6.07) is 8.16. The van der Waals surface area contributed by atoms with Crippen molar-refractivity contribution in [3.8, 4) is 0 Å². The Morgan fingerprint density at radius 3 is 3.06 bits per heavy atom. The van der Waals surface area contributed by atoms with Crippen LogP contribution in [0.3, 0.4) is 0 Å². The van der Waals surface area contributed by atoms with Crippen LogP contribution in [0.5, 0.6) is 0 Å². The molecule has 3 nitrogen and oxygen atoms in total. The summed E-state index contributed by atoms with van der Waals surface area (Å²) in [6.07, 6.45) is 2.07. The number of benzene rings is 1. The highest BCUT2D eigenvalue weighted by molar-refractivity contribution is 5.96. The highest BCUT2D eigenvalue weighted by Crippen LogP contribution is 2.23. The number of nitrogens with one attached hydrogen (secondary N) is 2. The molecule has 1 atom stereocenters. The monoisotopic (exact) mass is 218 g/mol. The summed E-state index contributed by atoms with van der Waals surface area (Å²) >= 11 is 0. The smallest absolute Gasteiger partial charge is 0.251 e. The van der Waals surface area contributed by atoms with Crippen LogP contribution >= 0.6 is 0 Å². The maximum atomic E-state index is 11.8. The molecule has 1 aromatic carbocycles. The molecule has 3 heteroatoms. The average Bonchev–Trinajstić information content (AvgIpc) is 2.47. The van der Waals surface area contributed by atoms with E-state index in [4.69, 9.17) is 0 Å². The van der Waals surface area contributed by atoms with Gasteiger partial charge in [-0.15, -0.1) is 0 Å². The zero-order valence-electron chi connectivity index (χ0n) is 9.62. The molecule has 2 rings (SSSR count). The van der Waals surface area contributed by atoms with Gasteiger partial charge >= 0.3 is 0 Å². The minimum Gasteiger partial charge on any atom is -0.352 e. The fourth-order valence-electron chi connectivity index (χ4n) is 2.12. The standard InChI is InChI=1S/C13H18N2O/c1-2-8-14-12-7-9-15-13(16)11-6-4-3-5-10(11)12/h3-6,12,14H,2,7-9H2,1H3,(H,15,16). The number of rotatable bonds is 3. The summed E-state index contributed by atoms with van der Waals surface area (Å²) in [4.78, 5) is 11.8. The van der Waals surface area contributed by atoms with Gasteiger partial charge in [0.25, 0.3) is 5.91 Å². The van der Waals surface area contributed by atoms with Crippen molar-refractivity contribution < 1.29 is 4.79 Å². The van der Waals surface area contributed by atoms with Crippen molar-refractivity contribution in [2.24, 2.45) is 0 Å². The van der Waals surface area contributed by atoms with E-state index >= 15 is 0 Å². The number of hydrogen-bond donors (Lipinski definition) is 2. The molecule has 0 aromatic heterocycles. The number of carbonyl (C=O) groups is 1. The quantitative estimate of drug-likeness (QED) is 0.813. The maximum absolute atomic E-state index is 11.8. The van der Waals surface area contributed by atoms with Crippen LogP contribution < -0.4 is 10.6 Å². The van der Waals surface area contributed by atoms with Gasteiger partial charge < -0.3 is 10.6 Å². The van der Waals surface area contributed by atoms with E-state index in [1.807, 2.05) is 24.3 Å². The third-order valence-corrected chi connectivity index (χ3v) is 2.94. The van der Waals surface area contributed by atoms with Crippen LogP contribution in [0, 0.1) is 0 Å². The Kier molecular flexibility index (Phi) is 3.57. The van der Waals surface area contributed by atoms with E-state index in [0.29, 0.717) is 6.04 Å². The lowest BCUT2D eigenvalue weighted by Gasteiger charge is -2.17. The molecule has 1 aromatic rings. The third-order valence-electron chi connectivity index (χ3n) is 2.94. The van der Waals surface area contributed by atoms with Crippen molar-refractivity contribution in [3.05, 3.63) is 35.4 Å². The van der Waals surface area contributed by atoms with Gasteiger partial charge in [-0.25, -0.2) is 0 Å². The molecule has 86 valence electrons. The van der Waals surface area contributed by atoms with Crippen LogP contribution in [0.15, 0.2) is 24.3 Å². The summed E-state index contributed by atoms with van der Waals surface area (Å²) in [7, 11) is 0. The average molecular weight is 218 g/mol. The van der Waals surface area contributed by atoms with Gasteiger partial charge in [0.2, 0.25) is 0 Å². The van der Waals surface area contributed by atoms with Gasteiger partial charge in [-0.2, -0.15) is 0 Å². The van der Waals surface area contributed by atoms with Crippen molar-refractivity contribution >= 4 is 5.91 Å². The molecule has 1 heterocycles. The van der Waals surface area contributed by atoms with Crippen LogP contribution in [-0.4, -0.2) is 19.0 Å². The molecule has 0 fully saturated rings. The van der Waals surface area contributed by atoms with Crippen molar-refractivity contribution in [2.75, 3.05) is 13.1 Å². The first-order valence-corrected chi connectivity index (χ1v) is 5.93. The molecule has 0 saturated heterocycles. The lowest BCUT2D eigenvalue weighted by Crippen LogP contribution is -2.24. The van der Waals surface area contributed by atoms with Gasteiger partial charge in [-0.05, 0) is 31.0 Å². The Balaban J connectivity index is 2.27. The van der Waals surface area contributed by atoms with Gasteiger partial charge in [0, 0.05) is 18.2 Å². The van der Waals surface area contributed by atoms with Crippen molar-refractivity contribution in [1.29, 1.82) is 0 Å². The first kappa shape index (κ1) is 11.1. The van der Waals surface area contributed by atoms with E-state index in [9.17, 15) is 4.79 Å². The lowest BCUT2D eigenvalue weighted by atomic mass is 9.99. The molecule has 16 heavy (non-hydrogen) atoms. The largest absolute Gasteiger partial charge is 0.352 e. The molecule has 1 amide bonds. The van der Waals surface area contributed by atoms with Crippen LogP contribution in [0.1, 0.15) is 41.7 Å². The van der Waals surface area contributed by atoms with Crippen LogP contribution in [-0.2, 0) is 0 Å². The minimum absolute atomic E-state index is 0.0522. The topological polar surface area (TPSA) is 41.1 Å². The van der Waals surface area contributed by atoms with Crippen LogP contribution in [0.4, 0.5) is 0 Å². The molecule has 0 saturated carbocycles. The SMILES string of the molecule is CCCNC1CCNC(=O)c2ccccc21. The summed E-state index contributed by atoms with van der Waals surface area (Å²) in [5, 5.41) is 6.42. The maximum Gasteiger partial charge on any atom is 0.251 e. The predicted octanol–water partition coefficient (Wildman–Crippen LogP) is 1.86. The highest BCUT2D eigenvalue weighted by atomic mass is 16.1. The molecular formula is C13H18N2O. The first-order chi connectivity index (χ1) is 7.83. The summed E-state index contributed by atoms with van der Waals surface area (Å²) in [6.45, 7) is 3.89. The number of amides is 1. The van der Waals surface area contributed by atoms with Gasteiger partial charge in [-0.3, -0.25) is 4.79 Å². The van der Waals surface area contributed by atoms with E-state index in [-0.39, 0.29) is 5.91 Å². The van der Waals surface area contributed by atoms with Crippen molar-refractivity contribution in [3.63, 3.8) is 0 Å². The first-order valence-electron chi connectivity index (χ1n) is 5.93. The Labute approximate surface area is 96.2 Å². The Morgan fingerprint density at radius 2 is 2.25 bits per heavy atom. The third kappa shape index (κ3) is 2.25. The summed E-state index contributed by atoms with van der Waals surface area (Å²) in [5.74, 6) is 0.0522. The molecule has 0 aliphatic carbocycles. The Bertz CT molecular complexity index is 376. The fourth-order valence-corrected chi connectivity index (χ4v) is 2.12. The molecule has 1 aliphatic rings. The summed E-state index contributed by atoms with van der Waals surface area (Å²) in [5.41, 5.74) is 1.94. The van der Waals surface area contributed by atoms with Crippen molar-refractivity contribution in [2.45, 2.75) is 25.8 Å². The molecular weight excluding hydrogens is 200 g/mol. The molecule has 2 N–H and O–H groups in total. The van der Waals surface area contributed by atoms with E-state index in [1.54, 1.807) is 0 Å². The highest BCUT2D eigenvalue weighted by Gasteiger charge is 2.21. The van der Waals surface area contributed by atoms with Crippen molar-refractivity contribution in [1.82, 2.24) is 10.6 Å². The second-order valence-corrected chi connectivity index (χ2v) is 4.14. The van der Waals surface area contributed by atoms with E-state index in [0.717, 1.165) is 37.1 Å². The molecule has 1 unspecified atom stereocenters. The van der Waals surface area contributed by atoms with Gasteiger partial charge in [0.05, 0.1) is 0 Å². The normalized spacial score (nSPS) is 19.8. The zero-order valence-corrected chi connectivity index (χ0v) is 9.62. The van der Waals surface area contributed by atoms with Crippen LogP contribution in [0.25, 0.3) is 0 Å². The van der Waals surface area contributed by atoms with E-state index in [2.05, 4.69) is 17.6 Å². The zero-order chi connectivity index (χ0) is 11.4. The second kappa shape index (κ2) is 5.12. The van der Waals surface area contributed by atoms with Gasteiger partial charge in [0.15, 0.2) is 0 Å². The lowest BCUT2D eigenvalue weighted by molar-refractivity contribution is 0.0956. The number of fused-ring (bicyclic) bond motifs is 1. The Hall–Kier alpha value is -1.35. The summed E-state index contributed by atoms with van der Waals surface area (Å²) < 4.78 is 0. The fraction of sp³-hybridized carbons (Fsp3) is 0.462. The minimum atomic E-state index is 0.0522. The van der Waals surface area contributed by atoms with Crippen LogP contribution in [0.2, 0.25) is 0 Å². The van der Waals surface area contributed by atoms with Gasteiger partial charge in [-0.1, -0.05) is 25.1 Å². The number of carbonyl (C=O) groups excluding carboxylic acids is 1. The molecule has 0 bridgehead atoms. The predicted molar refractivity (Wildman–Crippen MR) is 64.4 cm³/mol. The molecule has 0 spiro atoms.